The second-order valence-corrected chi connectivity index (χ2v) is 3.84. The van der Waals surface area contributed by atoms with Crippen molar-refractivity contribution >= 4 is 24.0 Å². The van der Waals surface area contributed by atoms with E-state index in [1.165, 1.54) is 25.1 Å². The molecule has 0 spiro atoms. The molecule has 4 nitrogen and oxygen atoms in total. The number of pyridine rings is 1. The van der Waals surface area contributed by atoms with Gasteiger partial charge in [-0.1, -0.05) is 0 Å². The van der Waals surface area contributed by atoms with E-state index in [9.17, 15) is 9.59 Å². The first-order valence-corrected chi connectivity index (χ1v) is 5.35. The summed E-state index contributed by atoms with van der Waals surface area (Å²) in [7, 11) is 1.37. The lowest BCUT2D eigenvalue weighted by Gasteiger charge is -1.99. The Hall–Kier alpha value is -1.36. The highest BCUT2D eigenvalue weighted by atomic mass is 32.2. The number of thioether (sulfide) groups is 1. The van der Waals surface area contributed by atoms with Gasteiger partial charge in [0.05, 0.1) is 18.6 Å². The molecular weight excluding hydrogens is 214 g/mol. The van der Waals surface area contributed by atoms with Crippen LogP contribution in [0.25, 0.3) is 0 Å². The second-order valence-electron chi connectivity index (χ2n) is 2.72. The fraction of sp³-hybridized carbons (Fsp3) is 0.300. The summed E-state index contributed by atoms with van der Waals surface area (Å²) in [6, 6.07) is 3.45. The largest absolute Gasteiger partial charge is 0.469 e. The number of carbonyl (C=O) groups is 2. The van der Waals surface area contributed by atoms with E-state index >= 15 is 0 Å². The van der Waals surface area contributed by atoms with E-state index in [1.807, 2.05) is 0 Å². The first-order chi connectivity index (χ1) is 7.26. The number of hydrogen-bond acceptors (Lipinski definition) is 5. The quantitative estimate of drug-likeness (QED) is 0.432. The number of nitrogens with zero attached hydrogens (tertiary/aromatic N) is 1. The molecule has 1 rings (SSSR count). The molecule has 0 aliphatic rings. The molecule has 0 saturated heterocycles. The molecular formula is C10H11NO3S. The second kappa shape index (κ2) is 6.19. The molecule has 0 radical (unpaired) electrons. The molecule has 1 aromatic rings. The molecule has 1 aromatic heterocycles. The van der Waals surface area contributed by atoms with E-state index in [4.69, 9.17) is 0 Å². The molecule has 5 heteroatoms. The molecule has 1 heterocycles. The summed E-state index contributed by atoms with van der Waals surface area (Å²) in [6.07, 6.45) is 2.61. The third-order valence-electron chi connectivity index (χ3n) is 1.68. The summed E-state index contributed by atoms with van der Waals surface area (Å²) >= 11 is 1.46. The predicted molar refractivity (Wildman–Crippen MR) is 57.0 cm³/mol. The van der Waals surface area contributed by atoms with Crippen molar-refractivity contribution in [2.75, 3.05) is 12.9 Å². The highest BCUT2D eigenvalue weighted by Crippen LogP contribution is 2.15. The van der Waals surface area contributed by atoms with Crippen LogP contribution in [0.3, 0.4) is 0 Å². The van der Waals surface area contributed by atoms with Crippen LogP contribution in [0.5, 0.6) is 0 Å². The van der Waals surface area contributed by atoms with Crippen LogP contribution in [0.15, 0.2) is 23.4 Å². The minimum atomic E-state index is -0.230. The molecule has 0 amide bonds. The first kappa shape index (κ1) is 11.7. The molecule has 0 atom stereocenters. The molecule has 0 bridgehead atoms. The minimum absolute atomic E-state index is 0.230. The summed E-state index contributed by atoms with van der Waals surface area (Å²) in [5, 5.41) is 0.796. The van der Waals surface area contributed by atoms with Crippen LogP contribution in [-0.2, 0) is 9.53 Å². The van der Waals surface area contributed by atoms with Crippen molar-refractivity contribution in [1.82, 2.24) is 4.98 Å². The summed E-state index contributed by atoms with van der Waals surface area (Å²) in [4.78, 5) is 25.2. The Morgan fingerprint density at radius 2 is 2.40 bits per heavy atom. The highest BCUT2D eigenvalue weighted by Gasteiger charge is 2.01. The average molecular weight is 225 g/mol. The molecule has 15 heavy (non-hydrogen) atoms. The monoisotopic (exact) mass is 225 g/mol. The number of methoxy groups -OCH3 is 1. The zero-order chi connectivity index (χ0) is 11.1. The number of aldehydes is 1. The van der Waals surface area contributed by atoms with Crippen molar-refractivity contribution in [3.05, 3.63) is 23.9 Å². The number of esters is 1. The van der Waals surface area contributed by atoms with Gasteiger partial charge in [-0.05, 0) is 12.1 Å². The summed E-state index contributed by atoms with van der Waals surface area (Å²) in [5.41, 5.74) is 0.548. The van der Waals surface area contributed by atoms with Crippen LogP contribution in [0, 0.1) is 0 Å². The van der Waals surface area contributed by atoms with Gasteiger partial charge < -0.3 is 4.74 Å². The van der Waals surface area contributed by atoms with E-state index in [0.717, 1.165) is 11.3 Å². The smallest absolute Gasteiger partial charge is 0.306 e. The lowest BCUT2D eigenvalue weighted by molar-refractivity contribution is -0.140. The van der Waals surface area contributed by atoms with Crippen LogP contribution < -0.4 is 0 Å². The van der Waals surface area contributed by atoms with Gasteiger partial charge in [-0.2, -0.15) is 0 Å². The van der Waals surface area contributed by atoms with Crippen molar-refractivity contribution in [3.8, 4) is 0 Å². The van der Waals surface area contributed by atoms with Crippen molar-refractivity contribution in [3.63, 3.8) is 0 Å². The summed E-state index contributed by atoms with van der Waals surface area (Å²) in [5.74, 6) is 0.395. The summed E-state index contributed by atoms with van der Waals surface area (Å²) in [6.45, 7) is 0. The van der Waals surface area contributed by atoms with Crippen LogP contribution >= 0.6 is 11.8 Å². The number of hydrogen-bond donors (Lipinski definition) is 0. The van der Waals surface area contributed by atoms with Crippen LogP contribution in [0.2, 0.25) is 0 Å². The molecule has 80 valence electrons. The van der Waals surface area contributed by atoms with Crippen LogP contribution in [0.1, 0.15) is 16.8 Å². The Bertz CT molecular complexity index is 337. The van der Waals surface area contributed by atoms with Gasteiger partial charge >= 0.3 is 5.97 Å². The fourth-order valence-electron chi connectivity index (χ4n) is 0.888. The summed E-state index contributed by atoms with van der Waals surface area (Å²) < 4.78 is 4.51. The minimum Gasteiger partial charge on any atom is -0.469 e. The Morgan fingerprint density at radius 1 is 1.60 bits per heavy atom. The van der Waals surface area contributed by atoms with E-state index in [0.29, 0.717) is 17.7 Å². The number of aromatic nitrogens is 1. The van der Waals surface area contributed by atoms with Gasteiger partial charge in [0.15, 0.2) is 6.29 Å². The maximum Gasteiger partial charge on any atom is 0.306 e. The average Bonchev–Trinajstić information content (AvgIpc) is 2.29. The maximum absolute atomic E-state index is 10.8. The van der Waals surface area contributed by atoms with E-state index in [2.05, 4.69) is 9.72 Å². The Kier molecular flexibility index (Phi) is 4.83. The van der Waals surface area contributed by atoms with Gasteiger partial charge in [0.25, 0.3) is 0 Å². The van der Waals surface area contributed by atoms with Crippen LogP contribution in [0.4, 0.5) is 0 Å². The predicted octanol–water partition coefficient (Wildman–Crippen LogP) is 1.55. The third-order valence-corrected chi connectivity index (χ3v) is 2.62. The van der Waals surface area contributed by atoms with Gasteiger partial charge in [-0.15, -0.1) is 11.8 Å². The lowest BCUT2D eigenvalue weighted by atomic mass is 10.3. The van der Waals surface area contributed by atoms with Crippen molar-refractivity contribution in [2.45, 2.75) is 11.4 Å². The zero-order valence-corrected chi connectivity index (χ0v) is 9.12. The highest BCUT2D eigenvalue weighted by molar-refractivity contribution is 7.99. The van der Waals surface area contributed by atoms with Gasteiger partial charge in [0.1, 0.15) is 0 Å². The normalized spacial score (nSPS) is 9.67. The number of carbonyl (C=O) groups excluding carboxylic acids is 2. The molecule has 0 aromatic carbocycles. The van der Waals surface area contributed by atoms with E-state index in [-0.39, 0.29) is 5.97 Å². The Morgan fingerprint density at radius 3 is 2.93 bits per heavy atom. The van der Waals surface area contributed by atoms with E-state index < -0.39 is 0 Å². The number of ether oxygens (including phenoxy) is 1. The van der Waals surface area contributed by atoms with Gasteiger partial charge in [0.2, 0.25) is 0 Å². The van der Waals surface area contributed by atoms with E-state index in [1.54, 1.807) is 12.1 Å². The first-order valence-electron chi connectivity index (χ1n) is 4.37. The van der Waals surface area contributed by atoms with Crippen molar-refractivity contribution in [1.29, 1.82) is 0 Å². The SMILES string of the molecule is COC(=O)CCSc1ccc(C=O)cn1. The molecule has 0 fully saturated rings. The van der Waals surface area contributed by atoms with Gasteiger partial charge in [-0.25, -0.2) is 4.98 Å². The van der Waals surface area contributed by atoms with Crippen molar-refractivity contribution < 1.29 is 14.3 Å². The Balaban J connectivity index is 2.37. The standard InChI is InChI=1S/C10H11NO3S/c1-14-10(13)4-5-15-9-3-2-8(7-12)6-11-9/h2-3,6-7H,4-5H2,1H3. The molecule has 0 N–H and O–H groups in total. The third kappa shape index (κ3) is 4.12. The topological polar surface area (TPSA) is 56.3 Å². The molecule has 0 unspecified atom stereocenters. The molecule has 0 saturated carbocycles. The lowest BCUT2D eigenvalue weighted by Crippen LogP contribution is -2.01. The van der Waals surface area contributed by atoms with Gasteiger partial charge in [-0.3, -0.25) is 9.59 Å². The zero-order valence-electron chi connectivity index (χ0n) is 8.30. The Labute approximate surface area is 92.0 Å². The van der Waals surface area contributed by atoms with Crippen LogP contribution in [-0.4, -0.2) is 30.1 Å². The number of rotatable bonds is 5. The van der Waals surface area contributed by atoms with Gasteiger partial charge in [0, 0.05) is 17.5 Å². The fourth-order valence-corrected chi connectivity index (χ4v) is 1.66. The maximum atomic E-state index is 10.8. The molecule has 0 aliphatic heterocycles. The molecule has 0 aliphatic carbocycles. The van der Waals surface area contributed by atoms with Crippen molar-refractivity contribution in [2.24, 2.45) is 0 Å².